The molecule has 0 aliphatic carbocycles. The molecule has 4 heteroatoms. The topological polar surface area (TPSA) is 52.1 Å². The van der Waals surface area contributed by atoms with Crippen LogP contribution in [0.15, 0.2) is 42.7 Å². The third-order valence-corrected chi connectivity index (χ3v) is 1.80. The molecule has 1 aromatic heterocycles. The summed E-state index contributed by atoms with van der Waals surface area (Å²) in [7, 11) is 0. The highest BCUT2D eigenvalue weighted by Crippen LogP contribution is 2.13. The Morgan fingerprint density at radius 2 is 1.92 bits per heavy atom. The van der Waals surface area contributed by atoms with Crippen molar-refractivity contribution in [3.05, 3.63) is 47.9 Å². The summed E-state index contributed by atoms with van der Waals surface area (Å²) in [6.45, 7) is 0. The van der Waals surface area contributed by atoms with Gasteiger partial charge in [0.15, 0.2) is 6.20 Å². The number of hydrogen-bond acceptors (Lipinski definition) is 2. The normalized spacial score (nSPS) is 10.2. The average Bonchev–Trinajstić information content (AvgIpc) is 2.48. The first-order valence-corrected chi connectivity index (χ1v) is 3.84. The third kappa shape index (κ3) is 1.22. The highest BCUT2D eigenvalue weighted by atomic mass is 16.5. The minimum absolute atomic E-state index is 0.223. The van der Waals surface area contributed by atoms with E-state index in [2.05, 4.69) is 0 Å². The molecule has 0 aliphatic heterocycles. The van der Waals surface area contributed by atoms with Crippen molar-refractivity contribution >= 4 is 0 Å². The fourth-order valence-corrected chi connectivity index (χ4v) is 1.21. The molecule has 0 radical (unpaired) electrons. The van der Waals surface area contributed by atoms with Crippen LogP contribution in [-0.2, 0) is 0 Å². The summed E-state index contributed by atoms with van der Waals surface area (Å²) in [6, 6.07) is 8.99. The van der Waals surface area contributed by atoms with E-state index >= 15 is 0 Å². The first-order valence-electron chi connectivity index (χ1n) is 3.84. The quantitative estimate of drug-likeness (QED) is 0.400. The highest BCUT2D eigenvalue weighted by molar-refractivity contribution is 5.51. The zero-order chi connectivity index (χ0) is 9.26. The molecule has 0 fully saturated rings. The maximum Gasteiger partial charge on any atom is 0.331 e. The summed E-state index contributed by atoms with van der Waals surface area (Å²) in [5.41, 5.74) is 0.685. The predicted molar refractivity (Wildman–Crippen MR) is 46.0 cm³/mol. The van der Waals surface area contributed by atoms with Gasteiger partial charge >= 0.3 is 5.82 Å². The van der Waals surface area contributed by atoms with Crippen LogP contribution in [0.5, 0.6) is 0 Å². The molecular weight excluding hydrogens is 168 g/mol. The van der Waals surface area contributed by atoms with Gasteiger partial charge in [-0.1, -0.05) is 18.2 Å². The van der Waals surface area contributed by atoms with E-state index in [9.17, 15) is 10.4 Å². The first kappa shape index (κ1) is 7.67. The van der Waals surface area contributed by atoms with Crippen molar-refractivity contribution < 1.29 is 9.94 Å². The molecule has 1 N–H and O–H groups in total. The molecule has 0 atom stereocenters. The zero-order valence-corrected chi connectivity index (χ0v) is 6.79. The Hall–Kier alpha value is -1.97. The molecule has 2 rings (SSSR count). The fraction of sp³-hybridized carbons (Fsp3) is 0. The Balaban J connectivity index is 2.59. The predicted octanol–water partition coefficient (Wildman–Crippen LogP) is 1.03. The van der Waals surface area contributed by atoms with Gasteiger partial charge in [-0.15, -0.1) is 0 Å². The average molecular weight is 176 g/mol. The zero-order valence-electron chi connectivity index (χ0n) is 6.79. The largest absolute Gasteiger partial charge is 0.710 e. The summed E-state index contributed by atoms with van der Waals surface area (Å²) in [6.07, 6.45) is 2.55. The molecule has 0 spiro atoms. The van der Waals surface area contributed by atoms with E-state index in [1.54, 1.807) is 12.1 Å². The van der Waals surface area contributed by atoms with E-state index < -0.39 is 0 Å². The molecule has 13 heavy (non-hydrogen) atoms. The van der Waals surface area contributed by atoms with Crippen molar-refractivity contribution in [2.24, 2.45) is 0 Å². The number of nitrogens with zero attached hydrogens (tertiary/aromatic N) is 2. The van der Waals surface area contributed by atoms with E-state index in [0.717, 1.165) is 4.73 Å². The van der Waals surface area contributed by atoms with Crippen molar-refractivity contribution in [2.75, 3.05) is 0 Å². The second-order valence-corrected chi connectivity index (χ2v) is 2.66. The monoisotopic (exact) mass is 176 g/mol. The molecule has 2 aromatic rings. The molecule has 4 nitrogen and oxygen atoms in total. The van der Waals surface area contributed by atoms with Gasteiger partial charge in [0.25, 0.3) is 0 Å². The van der Waals surface area contributed by atoms with Crippen molar-refractivity contribution in [3.8, 4) is 11.4 Å². The van der Waals surface area contributed by atoms with Gasteiger partial charge in [0.05, 0.1) is 5.56 Å². The Labute approximate surface area is 74.8 Å². The van der Waals surface area contributed by atoms with Crippen molar-refractivity contribution in [1.82, 2.24) is 4.73 Å². The molecular formula is C9H8N2O2. The summed E-state index contributed by atoms with van der Waals surface area (Å²) < 4.78 is 1.43. The molecule has 66 valence electrons. The second kappa shape index (κ2) is 2.82. The van der Waals surface area contributed by atoms with Crippen molar-refractivity contribution in [3.63, 3.8) is 0 Å². The molecule has 0 unspecified atom stereocenters. The van der Waals surface area contributed by atoms with Crippen LogP contribution in [0.1, 0.15) is 0 Å². The molecule has 0 amide bonds. The first-order chi connectivity index (χ1) is 6.29. The Kier molecular flexibility index (Phi) is 1.66. The third-order valence-electron chi connectivity index (χ3n) is 1.80. The lowest BCUT2D eigenvalue weighted by molar-refractivity contribution is -0.594. The van der Waals surface area contributed by atoms with Crippen LogP contribution in [0, 0.1) is 5.21 Å². The minimum Gasteiger partial charge on any atom is -0.710 e. The SMILES string of the molecule is [O-][n+]1ccn(O)c1-c1ccccc1. The summed E-state index contributed by atoms with van der Waals surface area (Å²) >= 11 is 0. The molecule has 1 aromatic carbocycles. The van der Waals surface area contributed by atoms with E-state index in [-0.39, 0.29) is 5.82 Å². The van der Waals surface area contributed by atoms with Gasteiger partial charge in [-0.05, 0) is 16.9 Å². The van der Waals surface area contributed by atoms with Gasteiger partial charge in [0.2, 0.25) is 0 Å². The van der Waals surface area contributed by atoms with Crippen LogP contribution < -0.4 is 4.73 Å². The summed E-state index contributed by atoms with van der Waals surface area (Å²) in [4.78, 5) is 0. The number of imidazole rings is 1. The van der Waals surface area contributed by atoms with E-state index in [4.69, 9.17) is 0 Å². The van der Waals surface area contributed by atoms with Gasteiger partial charge in [-0.2, -0.15) is 0 Å². The van der Waals surface area contributed by atoms with E-state index in [1.807, 2.05) is 18.2 Å². The van der Waals surface area contributed by atoms with E-state index in [0.29, 0.717) is 10.3 Å². The maximum atomic E-state index is 11.2. The molecule has 0 saturated carbocycles. The summed E-state index contributed by atoms with van der Waals surface area (Å²) in [5.74, 6) is 0.223. The van der Waals surface area contributed by atoms with Crippen LogP contribution >= 0.6 is 0 Å². The van der Waals surface area contributed by atoms with Crippen LogP contribution in [0.3, 0.4) is 0 Å². The maximum absolute atomic E-state index is 11.2. The van der Waals surface area contributed by atoms with Gasteiger partial charge in [-0.3, -0.25) is 0 Å². The number of rotatable bonds is 1. The van der Waals surface area contributed by atoms with Gasteiger partial charge in [-0.25, -0.2) is 4.73 Å². The summed E-state index contributed by atoms with van der Waals surface area (Å²) in [5, 5.41) is 20.5. The lowest BCUT2D eigenvalue weighted by Crippen LogP contribution is -2.26. The lowest BCUT2D eigenvalue weighted by Gasteiger charge is -2.01. The standard InChI is InChI=1S/C9H8N2O2/c12-10-6-7-11(13)9(10)8-4-2-1-3-5-8/h1-7,12H. The van der Waals surface area contributed by atoms with Gasteiger partial charge in [0, 0.05) is 0 Å². The molecule has 1 heterocycles. The molecule has 0 bridgehead atoms. The van der Waals surface area contributed by atoms with Crippen LogP contribution in [0.25, 0.3) is 11.4 Å². The van der Waals surface area contributed by atoms with Gasteiger partial charge in [0.1, 0.15) is 6.20 Å². The lowest BCUT2D eigenvalue weighted by atomic mass is 10.2. The molecule has 0 saturated heterocycles. The van der Waals surface area contributed by atoms with Crippen molar-refractivity contribution in [2.45, 2.75) is 0 Å². The molecule has 0 aliphatic rings. The smallest absolute Gasteiger partial charge is 0.331 e. The van der Waals surface area contributed by atoms with E-state index in [1.165, 1.54) is 12.4 Å². The fourth-order valence-electron chi connectivity index (χ4n) is 1.21. The van der Waals surface area contributed by atoms with Gasteiger partial charge < -0.3 is 10.4 Å². The van der Waals surface area contributed by atoms with Crippen LogP contribution in [0.2, 0.25) is 0 Å². The number of benzene rings is 1. The number of hydrogen-bond donors (Lipinski definition) is 1. The van der Waals surface area contributed by atoms with Crippen LogP contribution in [-0.4, -0.2) is 9.94 Å². The van der Waals surface area contributed by atoms with Crippen LogP contribution in [0.4, 0.5) is 0 Å². The van der Waals surface area contributed by atoms with Crippen molar-refractivity contribution in [1.29, 1.82) is 0 Å². The second-order valence-electron chi connectivity index (χ2n) is 2.66. The Morgan fingerprint density at radius 1 is 1.23 bits per heavy atom. The highest BCUT2D eigenvalue weighted by Gasteiger charge is 2.13. The minimum atomic E-state index is 0.223. The number of aromatic nitrogens is 2. The Bertz CT molecular complexity index is 389. The Morgan fingerprint density at radius 3 is 2.46 bits per heavy atom.